The third kappa shape index (κ3) is 1.32. The summed E-state index contributed by atoms with van der Waals surface area (Å²) >= 11 is 5.41. The monoisotopic (exact) mass is 148 g/mol. The van der Waals surface area contributed by atoms with Gasteiger partial charge in [-0.15, -0.1) is 11.6 Å². The van der Waals surface area contributed by atoms with Gasteiger partial charge in [0.1, 0.15) is 5.38 Å². The molecule has 1 aliphatic rings. The molecule has 1 aliphatic heterocycles. The summed E-state index contributed by atoms with van der Waals surface area (Å²) in [5, 5.41) is 3.74. The molecule has 1 heterocycles. The van der Waals surface area contributed by atoms with Crippen molar-refractivity contribution >= 4 is 23.5 Å². The molecule has 0 aromatic rings. The minimum absolute atomic E-state index is 0.215. The van der Waals surface area contributed by atoms with E-state index in [1.807, 2.05) is 5.32 Å². The van der Waals surface area contributed by atoms with Crippen LogP contribution in [0.2, 0.25) is 0 Å². The van der Waals surface area contributed by atoms with E-state index in [1.165, 1.54) is 0 Å². The van der Waals surface area contributed by atoms with Crippen LogP contribution < -0.4 is 10.6 Å². The molecule has 1 rings (SSSR count). The third-order valence-electron chi connectivity index (χ3n) is 0.963. The van der Waals surface area contributed by atoms with E-state index in [0.717, 1.165) is 0 Å². The van der Waals surface area contributed by atoms with Crippen molar-refractivity contribution in [3.63, 3.8) is 0 Å². The zero-order chi connectivity index (χ0) is 6.85. The zero-order valence-corrected chi connectivity index (χ0v) is 5.23. The van der Waals surface area contributed by atoms with E-state index in [1.54, 1.807) is 0 Å². The minimum Gasteiger partial charge on any atom is -0.336 e. The topological polar surface area (TPSA) is 58.2 Å². The fourth-order valence-corrected chi connectivity index (χ4v) is 0.641. The predicted octanol–water partition coefficient (Wildman–Crippen LogP) is -0.567. The Morgan fingerprint density at radius 3 is 2.67 bits per heavy atom. The molecule has 50 valence electrons. The Kier molecular flexibility index (Phi) is 1.57. The second-order valence-electron chi connectivity index (χ2n) is 1.67. The van der Waals surface area contributed by atoms with Crippen molar-refractivity contribution < 1.29 is 9.59 Å². The van der Waals surface area contributed by atoms with Crippen LogP contribution in [0.1, 0.15) is 0 Å². The van der Waals surface area contributed by atoms with E-state index in [4.69, 9.17) is 11.6 Å². The maximum Gasteiger partial charge on any atom is 0.321 e. The highest BCUT2D eigenvalue weighted by atomic mass is 35.5. The van der Waals surface area contributed by atoms with E-state index < -0.39 is 17.3 Å². The van der Waals surface area contributed by atoms with E-state index in [0.29, 0.717) is 0 Å². The molecule has 1 fully saturated rings. The van der Waals surface area contributed by atoms with Crippen molar-refractivity contribution in [3.8, 4) is 0 Å². The Hall–Kier alpha value is -0.770. The fraction of sp³-hybridized carbons (Fsp3) is 0.500. The molecule has 0 aliphatic carbocycles. The van der Waals surface area contributed by atoms with Gasteiger partial charge in [0.25, 0.3) is 0 Å². The van der Waals surface area contributed by atoms with Crippen LogP contribution in [0.5, 0.6) is 0 Å². The number of halogens is 1. The predicted molar refractivity (Wildman–Crippen MR) is 31.2 cm³/mol. The average Bonchev–Trinajstić information content (AvgIpc) is 1.80. The fourth-order valence-electron chi connectivity index (χ4n) is 0.509. The highest BCUT2D eigenvalue weighted by Gasteiger charge is 2.22. The van der Waals surface area contributed by atoms with Crippen LogP contribution in [0.25, 0.3) is 0 Å². The van der Waals surface area contributed by atoms with Gasteiger partial charge in [0, 0.05) is 6.54 Å². The number of carbonyl (C=O) groups is 2. The first-order valence-corrected chi connectivity index (χ1v) is 2.86. The lowest BCUT2D eigenvalue weighted by Crippen LogP contribution is -2.52. The SMILES string of the molecule is O=C1NC[C@H](Cl)C(=O)N1. The Bertz CT molecular complexity index is 159. The molecule has 0 aromatic heterocycles. The van der Waals surface area contributed by atoms with Crippen LogP contribution in [0.3, 0.4) is 0 Å². The standard InChI is InChI=1S/C4H5ClN2O2/c5-2-1-6-4(9)7-3(2)8/h2H,1H2,(H2,6,7,8,9)/t2-/m0/s1. The molecular weight excluding hydrogens is 144 g/mol. The lowest BCUT2D eigenvalue weighted by Gasteiger charge is -2.15. The van der Waals surface area contributed by atoms with Gasteiger partial charge in [0.05, 0.1) is 0 Å². The van der Waals surface area contributed by atoms with E-state index >= 15 is 0 Å². The van der Waals surface area contributed by atoms with Crippen LogP contribution in [0.15, 0.2) is 0 Å². The highest BCUT2D eigenvalue weighted by molar-refractivity contribution is 6.32. The molecule has 3 amide bonds. The summed E-state index contributed by atoms with van der Waals surface area (Å²) in [4.78, 5) is 20.8. The van der Waals surface area contributed by atoms with Gasteiger partial charge >= 0.3 is 6.03 Å². The third-order valence-corrected chi connectivity index (χ3v) is 1.32. The average molecular weight is 149 g/mol. The van der Waals surface area contributed by atoms with Gasteiger partial charge in [0.2, 0.25) is 5.91 Å². The second kappa shape index (κ2) is 2.23. The Morgan fingerprint density at radius 2 is 2.22 bits per heavy atom. The van der Waals surface area contributed by atoms with Gasteiger partial charge in [-0.05, 0) is 0 Å². The first-order chi connectivity index (χ1) is 4.20. The van der Waals surface area contributed by atoms with Crippen molar-refractivity contribution in [1.29, 1.82) is 0 Å². The first kappa shape index (κ1) is 6.35. The van der Waals surface area contributed by atoms with E-state index in [-0.39, 0.29) is 6.54 Å². The highest BCUT2D eigenvalue weighted by Crippen LogP contribution is 1.96. The summed E-state index contributed by atoms with van der Waals surface area (Å²) in [5.41, 5.74) is 0. The molecule has 9 heavy (non-hydrogen) atoms. The summed E-state index contributed by atoms with van der Waals surface area (Å²) in [6.45, 7) is 0.215. The number of alkyl halides is 1. The number of amides is 3. The van der Waals surface area contributed by atoms with E-state index in [2.05, 4.69) is 5.32 Å². The Balaban J connectivity index is 2.54. The molecule has 5 heteroatoms. The lowest BCUT2D eigenvalue weighted by atomic mass is 10.3. The summed E-state index contributed by atoms with van der Waals surface area (Å²) in [6, 6.07) is -0.475. The van der Waals surface area contributed by atoms with Crippen LogP contribution in [-0.2, 0) is 4.79 Å². The number of hydrogen-bond donors (Lipinski definition) is 2. The molecule has 4 nitrogen and oxygen atoms in total. The van der Waals surface area contributed by atoms with Crippen molar-refractivity contribution in [3.05, 3.63) is 0 Å². The molecular formula is C4H5ClN2O2. The molecule has 1 saturated heterocycles. The van der Waals surface area contributed by atoms with Gasteiger partial charge in [-0.25, -0.2) is 4.79 Å². The minimum atomic E-state index is -0.623. The summed E-state index contributed by atoms with van der Waals surface area (Å²) in [6.07, 6.45) is 0. The van der Waals surface area contributed by atoms with Crippen molar-refractivity contribution in [2.24, 2.45) is 0 Å². The van der Waals surface area contributed by atoms with E-state index in [9.17, 15) is 9.59 Å². The van der Waals surface area contributed by atoms with Crippen molar-refractivity contribution in [1.82, 2.24) is 10.6 Å². The molecule has 0 aromatic carbocycles. The van der Waals surface area contributed by atoms with Gasteiger partial charge in [-0.2, -0.15) is 0 Å². The van der Waals surface area contributed by atoms with Gasteiger partial charge in [-0.1, -0.05) is 0 Å². The molecule has 0 bridgehead atoms. The quantitative estimate of drug-likeness (QED) is 0.452. The second-order valence-corrected chi connectivity index (χ2v) is 2.19. The summed E-state index contributed by atoms with van der Waals surface area (Å²) in [7, 11) is 0. The molecule has 2 N–H and O–H groups in total. The lowest BCUT2D eigenvalue weighted by molar-refractivity contribution is -0.120. The number of nitrogens with one attached hydrogen (secondary N) is 2. The van der Waals surface area contributed by atoms with Gasteiger partial charge in [-0.3, -0.25) is 10.1 Å². The zero-order valence-electron chi connectivity index (χ0n) is 4.48. The first-order valence-electron chi connectivity index (χ1n) is 2.43. The molecule has 1 atom stereocenters. The van der Waals surface area contributed by atoms with Crippen molar-refractivity contribution in [2.45, 2.75) is 5.38 Å². The maximum absolute atomic E-state index is 10.5. The molecule has 0 saturated carbocycles. The van der Waals surface area contributed by atoms with Gasteiger partial charge in [0.15, 0.2) is 0 Å². The number of imide groups is 1. The maximum atomic E-state index is 10.5. The normalized spacial score (nSPS) is 27.0. The van der Waals surface area contributed by atoms with Crippen LogP contribution in [0.4, 0.5) is 4.79 Å². The number of carbonyl (C=O) groups excluding carboxylic acids is 2. The van der Waals surface area contributed by atoms with Crippen LogP contribution in [-0.4, -0.2) is 23.9 Å². The summed E-state index contributed by atoms with van der Waals surface area (Å²) < 4.78 is 0. The molecule has 0 spiro atoms. The Morgan fingerprint density at radius 1 is 1.56 bits per heavy atom. The van der Waals surface area contributed by atoms with Gasteiger partial charge < -0.3 is 5.32 Å². The number of urea groups is 1. The largest absolute Gasteiger partial charge is 0.336 e. The van der Waals surface area contributed by atoms with Crippen LogP contribution >= 0.6 is 11.6 Å². The molecule has 0 unspecified atom stereocenters. The van der Waals surface area contributed by atoms with Crippen LogP contribution in [0, 0.1) is 0 Å². The number of rotatable bonds is 0. The molecule has 0 radical (unpaired) electrons. The summed E-state index contributed by atoms with van der Waals surface area (Å²) in [5.74, 6) is -0.430. The Labute approximate surface area is 56.6 Å². The smallest absolute Gasteiger partial charge is 0.321 e. The van der Waals surface area contributed by atoms with Crippen molar-refractivity contribution in [2.75, 3.05) is 6.54 Å². The number of hydrogen-bond acceptors (Lipinski definition) is 2.